The average molecular weight is 303 g/mol. The predicted octanol–water partition coefficient (Wildman–Crippen LogP) is 2.94. The van der Waals surface area contributed by atoms with Crippen LogP contribution in [0.3, 0.4) is 0 Å². The van der Waals surface area contributed by atoms with Gasteiger partial charge in [-0.3, -0.25) is 0 Å². The lowest BCUT2D eigenvalue weighted by Crippen LogP contribution is -1.87. The van der Waals surface area contributed by atoms with E-state index in [4.69, 9.17) is 0 Å². The van der Waals surface area contributed by atoms with E-state index < -0.39 is 0 Å². The number of aromatic nitrogens is 2. The Morgan fingerprint density at radius 1 is 1.47 bits per heavy atom. The van der Waals surface area contributed by atoms with E-state index in [9.17, 15) is 5.11 Å². The van der Waals surface area contributed by atoms with Crippen molar-refractivity contribution in [3.05, 3.63) is 34.6 Å². The minimum absolute atomic E-state index is 0.0284. The van der Waals surface area contributed by atoms with E-state index in [-0.39, 0.29) is 6.61 Å². The Morgan fingerprint density at radius 2 is 2.33 bits per heavy atom. The Balaban J connectivity index is 2.28. The average Bonchev–Trinajstić information content (AvgIpc) is 2.73. The van der Waals surface area contributed by atoms with Crippen molar-refractivity contribution < 1.29 is 5.11 Å². The number of hydrogen-bond donors (Lipinski definition) is 1. The van der Waals surface area contributed by atoms with Crippen LogP contribution in [0.25, 0.3) is 0 Å². The molecule has 0 saturated heterocycles. The molecule has 1 aromatic carbocycles. The van der Waals surface area contributed by atoms with Gasteiger partial charge in [-0.05, 0) is 35.3 Å². The molecule has 0 amide bonds. The second-order valence-electron chi connectivity index (χ2n) is 2.72. The van der Waals surface area contributed by atoms with Crippen LogP contribution in [0.15, 0.2) is 38.2 Å². The van der Waals surface area contributed by atoms with Crippen LogP contribution in [0.4, 0.5) is 0 Å². The second kappa shape index (κ2) is 5.07. The summed E-state index contributed by atoms with van der Waals surface area (Å²) in [5.41, 5.74) is 0.893. The van der Waals surface area contributed by atoms with Crippen LogP contribution >= 0.6 is 39.2 Å². The van der Waals surface area contributed by atoms with Gasteiger partial charge in [0.2, 0.25) is 0 Å². The van der Waals surface area contributed by atoms with Gasteiger partial charge in [-0.1, -0.05) is 27.7 Å². The Morgan fingerprint density at radius 3 is 3.00 bits per heavy atom. The van der Waals surface area contributed by atoms with Gasteiger partial charge in [-0.25, -0.2) is 4.98 Å². The molecular formula is C9H7BrN2OS2. The zero-order chi connectivity index (χ0) is 10.7. The van der Waals surface area contributed by atoms with Crippen LogP contribution in [-0.4, -0.2) is 14.5 Å². The third-order valence-electron chi connectivity index (χ3n) is 1.73. The topological polar surface area (TPSA) is 46.0 Å². The van der Waals surface area contributed by atoms with Crippen molar-refractivity contribution in [2.45, 2.75) is 15.8 Å². The molecule has 0 aliphatic heterocycles. The van der Waals surface area contributed by atoms with Crippen LogP contribution in [-0.2, 0) is 6.61 Å². The summed E-state index contributed by atoms with van der Waals surface area (Å²) in [6.07, 6.45) is 1.53. The third kappa shape index (κ3) is 2.78. The summed E-state index contributed by atoms with van der Waals surface area (Å²) in [5, 5.41) is 9.20. The molecule has 78 valence electrons. The molecule has 0 atom stereocenters. The normalized spacial score (nSPS) is 10.5. The standard InChI is InChI=1S/C9H7BrN2OS2/c10-7-1-2-8(6(3-7)4-13)14-9-11-5-12-15-9/h1-3,5,13H,4H2. The van der Waals surface area contributed by atoms with Crippen molar-refractivity contribution in [3.8, 4) is 0 Å². The second-order valence-corrected chi connectivity index (χ2v) is 5.70. The fourth-order valence-corrected chi connectivity index (χ4v) is 2.99. The maximum Gasteiger partial charge on any atom is 0.174 e. The lowest BCUT2D eigenvalue weighted by atomic mass is 10.2. The van der Waals surface area contributed by atoms with E-state index in [1.807, 2.05) is 18.2 Å². The lowest BCUT2D eigenvalue weighted by molar-refractivity contribution is 0.279. The summed E-state index contributed by atoms with van der Waals surface area (Å²) < 4.78 is 5.78. The largest absolute Gasteiger partial charge is 0.392 e. The van der Waals surface area contributed by atoms with E-state index in [0.29, 0.717) is 0 Å². The molecule has 0 radical (unpaired) electrons. The Hall–Kier alpha value is -0.430. The van der Waals surface area contributed by atoms with Crippen molar-refractivity contribution in [1.29, 1.82) is 0 Å². The SMILES string of the molecule is OCc1cc(Br)ccc1Sc1ncns1. The molecule has 2 aromatic rings. The molecule has 0 aliphatic carbocycles. The maximum absolute atomic E-state index is 9.20. The van der Waals surface area contributed by atoms with Crippen molar-refractivity contribution in [2.75, 3.05) is 0 Å². The molecule has 0 spiro atoms. The van der Waals surface area contributed by atoms with Crippen LogP contribution in [0, 0.1) is 0 Å². The number of aliphatic hydroxyl groups excluding tert-OH is 1. The zero-order valence-corrected chi connectivity index (χ0v) is 10.8. The minimum atomic E-state index is 0.0284. The number of benzene rings is 1. The fraction of sp³-hybridized carbons (Fsp3) is 0.111. The molecule has 0 aliphatic rings. The number of aliphatic hydroxyl groups is 1. The van der Waals surface area contributed by atoms with Gasteiger partial charge in [0.1, 0.15) is 6.33 Å². The molecule has 2 rings (SSSR count). The Labute approximate surface area is 104 Å². The number of nitrogens with zero attached hydrogens (tertiary/aromatic N) is 2. The number of rotatable bonds is 3. The number of halogens is 1. The molecule has 3 nitrogen and oxygen atoms in total. The quantitative estimate of drug-likeness (QED) is 0.947. The van der Waals surface area contributed by atoms with E-state index >= 15 is 0 Å². The highest BCUT2D eigenvalue weighted by atomic mass is 79.9. The first-order valence-electron chi connectivity index (χ1n) is 4.13. The predicted molar refractivity (Wildman–Crippen MR) is 64.1 cm³/mol. The Kier molecular flexibility index (Phi) is 3.74. The molecular weight excluding hydrogens is 296 g/mol. The smallest absolute Gasteiger partial charge is 0.174 e. The van der Waals surface area contributed by atoms with E-state index in [1.54, 1.807) is 0 Å². The van der Waals surface area contributed by atoms with Gasteiger partial charge < -0.3 is 5.11 Å². The van der Waals surface area contributed by atoms with Gasteiger partial charge in [-0.15, -0.1) is 0 Å². The summed E-state index contributed by atoms with van der Waals surface area (Å²) in [4.78, 5) is 5.10. The molecule has 0 unspecified atom stereocenters. The Bertz CT molecular complexity index is 447. The fourth-order valence-electron chi connectivity index (χ4n) is 1.07. The minimum Gasteiger partial charge on any atom is -0.392 e. The molecule has 1 heterocycles. The maximum atomic E-state index is 9.20. The third-order valence-corrected chi connectivity index (χ3v) is 4.06. The number of hydrogen-bond acceptors (Lipinski definition) is 5. The van der Waals surface area contributed by atoms with E-state index in [0.717, 1.165) is 19.3 Å². The van der Waals surface area contributed by atoms with Gasteiger partial charge in [0, 0.05) is 9.37 Å². The molecule has 0 bridgehead atoms. The molecule has 0 fully saturated rings. The van der Waals surface area contributed by atoms with Crippen molar-refractivity contribution >= 4 is 39.2 Å². The summed E-state index contributed by atoms with van der Waals surface area (Å²) in [6, 6.07) is 5.81. The first-order chi connectivity index (χ1) is 7.29. The van der Waals surface area contributed by atoms with Crippen LogP contribution in [0.5, 0.6) is 0 Å². The highest BCUT2D eigenvalue weighted by Gasteiger charge is 2.06. The van der Waals surface area contributed by atoms with E-state index in [1.165, 1.54) is 29.6 Å². The van der Waals surface area contributed by atoms with Crippen LogP contribution in [0.1, 0.15) is 5.56 Å². The van der Waals surface area contributed by atoms with Gasteiger partial charge in [0.25, 0.3) is 0 Å². The first kappa shape index (κ1) is 11.1. The highest BCUT2D eigenvalue weighted by molar-refractivity contribution is 9.10. The highest BCUT2D eigenvalue weighted by Crippen LogP contribution is 2.32. The van der Waals surface area contributed by atoms with Gasteiger partial charge in [0.15, 0.2) is 4.34 Å². The van der Waals surface area contributed by atoms with Crippen molar-refractivity contribution in [1.82, 2.24) is 9.36 Å². The monoisotopic (exact) mass is 302 g/mol. The van der Waals surface area contributed by atoms with Crippen LogP contribution in [0.2, 0.25) is 0 Å². The summed E-state index contributed by atoms with van der Waals surface area (Å²) >= 11 is 6.24. The molecule has 15 heavy (non-hydrogen) atoms. The summed E-state index contributed by atoms with van der Waals surface area (Å²) in [5.74, 6) is 0. The molecule has 1 N–H and O–H groups in total. The first-order valence-corrected chi connectivity index (χ1v) is 6.51. The van der Waals surface area contributed by atoms with Crippen molar-refractivity contribution in [2.24, 2.45) is 0 Å². The van der Waals surface area contributed by atoms with Gasteiger partial charge >= 0.3 is 0 Å². The molecule has 0 saturated carbocycles. The molecule has 1 aromatic heterocycles. The van der Waals surface area contributed by atoms with Gasteiger partial charge in [-0.2, -0.15) is 4.37 Å². The van der Waals surface area contributed by atoms with Crippen molar-refractivity contribution in [3.63, 3.8) is 0 Å². The molecule has 6 heteroatoms. The van der Waals surface area contributed by atoms with Gasteiger partial charge in [0.05, 0.1) is 6.61 Å². The van der Waals surface area contributed by atoms with Crippen LogP contribution < -0.4 is 0 Å². The zero-order valence-electron chi connectivity index (χ0n) is 7.55. The van der Waals surface area contributed by atoms with E-state index in [2.05, 4.69) is 25.3 Å². The summed E-state index contributed by atoms with van der Waals surface area (Å²) in [6.45, 7) is 0.0284. The lowest BCUT2D eigenvalue weighted by Gasteiger charge is -2.04. The summed E-state index contributed by atoms with van der Waals surface area (Å²) in [7, 11) is 0.